The Morgan fingerprint density at radius 1 is 1.00 bits per heavy atom. The van der Waals surface area contributed by atoms with Crippen molar-refractivity contribution in [2.45, 2.75) is 32.0 Å². The van der Waals surface area contributed by atoms with Crippen LogP contribution in [0.5, 0.6) is 5.75 Å². The van der Waals surface area contributed by atoms with Gasteiger partial charge in [0.1, 0.15) is 17.4 Å². The topological polar surface area (TPSA) is 95.2 Å². The molecule has 0 aliphatic carbocycles. The normalized spacial score (nSPS) is 16.9. The van der Waals surface area contributed by atoms with Crippen molar-refractivity contribution in [3.8, 4) is 5.75 Å². The van der Waals surface area contributed by atoms with Gasteiger partial charge in [0.05, 0.1) is 6.61 Å². The van der Waals surface area contributed by atoms with Gasteiger partial charge < -0.3 is 25.4 Å². The Morgan fingerprint density at radius 2 is 1.74 bits per heavy atom. The molecule has 242 valence electrons. The van der Waals surface area contributed by atoms with Crippen LogP contribution in [0.4, 0.5) is 25.0 Å². The predicted molar refractivity (Wildman–Crippen MR) is 174 cm³/mol. The Kier molecular flexibility index (Phi) is 11.0. The molecule has 5 rings (SSSR count). The van der Waals surface area contributed by atoms with E-state index in [9.17, 15) is 18.4 Å². The van der Waals surface area contributed by atoms with E-state index in [2.05, 4.69) is 26.9 Å². The van der Waals surface area contributed by atoms with Crippen molar-refractivity contribution in [2.24, 2.45) is 0 Å². The van der Waals surface area contributed by atoms with E-state index in [0.29, 0.717) is 48.7 Å². The molecule has 0 bridgehead atoms. The summed E-state index contributed by atoms with van der Waals surface area (Å²) >= 11 is 0. The number of halogens is 2. The van der Waals surface area contributed by atoms with E-state index in [-0.39, 0.29) is 24.2 Å². The predicted octanol–water partition coefficient (Wildman–Crippen LogP) is 5.68. The SMILES string of the molecule is COCCNC(=O)c1ccc(OC2C=CC(CN3CCC(N(C(=O)Nc4ccc(F)cc4)c4cccc(F)c4)CC3)=C(C)N2)cc1. The summed E-state index contributed by atoms with van der Waals surface area (Å²) < 4.78 is 38.6. The lowest BCUT2D eigenvalue weighted by molar-refractivity contribution is 0.0937. The lowest BCUT2D eigenvalue weighted by Crippen LogP contribution is -2.49. The number of urea groups is 1. The number of likely N-dealkylation sites (tertiary alicyclic amines) is 1. The van der Waals surface area contributed by atoms with Gasteiger partial charge in [0.25, 0.3) is 5.91 Å². The summed E-state index contributed by atoms with van der Waals surface area (Å²) in [4.78, 5) is 29.6. The van der Waals surface area contributed by atoms with Gasteiger partial charge in [0.2, 0.25) is 0 Å². The molecule has 3 aromatic carbocycles. The third kappa shape index (κ3) is 8.70. The zero-order valence-corrected chi connectivity index (χ0v) is 26.0. The maximum Gasteiger partial charge on any atom is 0.326 e. The van der Waals surface area contributed by atoms with Gasteiger partial charge in [-0.25, -0.2) is 13.6 Å². The molecule has 3 N–H and O–H groups in total. The fourth-order valence-corrected chi connectivity index (χ4v) is 5.54. The average Bonchev–Trinajstić information content (AvgIpc) is 3.05. The Hall–Kier alpha value is -4.74. The third-order valence-corrected chi connectivity index (χ3v) is 8.00. The van der Waals surface area contributed by atoms with Crippen LogP contribution in [0.2, 0.25) is 0 Å². The number of anilines is 2. The second kappa shape index (κ2) is 15.5. The molecule has 2 heterocycles. The van der Waals surface area contributed by atoms with E-state index in [4.69, 9.17) is 9.47 Å². The van der Waals surface area contributed by atoms with Crippen LogP contribution in [-0.2, 0) is 4.74 Å². The Labute approximate surface area is 267 Å². The van der Waals surface area contributed by atoms with Crippen molar-refractivity contribution >= 4 is 23.3 Å². The molecule has 0 aromatic heterocycles. The standard InChI is InChI=1S/C35H39F2N5O4/c1-24-26(8-15-33(39-24)46-32-13-6-25(7-14-32)34(43)38-18-21-45-2)23-41-19-16-30(17-20-41)42(31-5-3-4-28(37)22-31)35(44)40-29-11-9-27(36)10-12-29/h3-15,22,30,33,39H,16-21,23H2,1-2H3,(H,38,43)(H,40,44). The molecular formula is C35H39F2N5O4. The first kappa shape index (κ1) is 32.6. The number of methoxy groups -OCH3 is 1. The summed E-state index contributed by atoms with van der Waals surface area (Å²) in [5.74, 6) is -0.341. The van der Waals surface area contributed by atoms with Gasteiger partial charge in [-0.3, -0.25) is 14.6 Å². The summed E-state index contributed by atoms with van der Waals surface area (Å²) in [6, 6.07) is 18.0. The Morgan fingerprint density at radius 3 is 2.41 bits per heavy atom. The number of nitrogens with zero attached hydrogens (tertiary/aromatic N) is 2. The number of piperidine rings is 1. The summed E-state index contributed by atoms with van der Waals surface area (Å²) in [5.41, 5.74) is 3.62. The van der Waals surface area contributed by atoms with E-state index in [0.717, 1.165) is 30.9 Å². The Bertz CT molecular complexity index is 1550. The number of nitrogens with one attached hydrogen (secondary N) is 3. The van der Waals surface area contributed by atoms with Crippen LogP contribution in [0, 0.1) is 11.6 Å². The van der Waals surface area contributed by atoms with Crippen molar-refractivity contribution < 1.29 is 27.8 Å². The maximum atomic E-state index is 14.2. The van der Waals surface area contributed by atoms with E-state index in [1.807, 2.05) is 13.0 Å². The number of ether oxygens (including phenoxy) is 2. The van der Waals surface area contributed by atoms with Crippen LogP contribution < -0.4 is 25.6 Å². The second-order valence-corrected chi connectivity index (χ2v) is 11.3. The van der Waals surface area contributed by atoms with Crippen LogP contribution in [-0.4, -0.2) is 69.0 Å². The molecule has 9 nitrogen and oxygen atoms in total. The number of hydrogen-bond donors (Lipinski definition) is 3. The number of amides is 3. The van der Waals surface area contributed by atoms with Crippen molar-refractivity contribution in [1.29, 1.82) is 0 Å². The number of carbonyl (C=O) groups is 2. The van der Waals surface area contributed by atoms with Gasteiger partial charge in [0.15, 0.2) is 6.23 Å². The van der Waals surface area contributed by atoms with E-state index in [1.165, 1.54) is 36.4 Å². The van der Waals surface area contributed by atoms with Crippen LogP contribution in [0.15, 0.2) is 96.2 Å². The molecule has 0 spiro atoms. The minimum absolute atomic E-state index is 0.144. The highest BCUT2D eigenvalue weighted by Gasteiger charge is 2.30. The highest BCUT2D eigenvalue weighted by molar-refractivity contribution is 6.02. The van der Waals surface area contributed by atoms with Crippen LogP contribution in [0.1, 0.15) is 30.1 Å². The minimum Gasteiger partial charge on any atom is -0.467 e. The molecule has 1 unspecified atom stereocenters. The summed E-state index contributed by atoms with van der Waals surface area (Å²) in [6.07, 6.45) is 5.07. The molecule has 11 heteroatoms. The fraction of sp³-hybridized carbons (Fsp3) is 0.314. The van der Waals surface area contributed by atoms with Crippen molar-refractivity contribution in [3.05, 3.63) is 113 Å². The molecule has 1 fully saturated rings. The van der Waals surface area contributed by atoms with Crippen LogP contribution >= 0.6 is 0 Å². The quantitative estimate of drug-likeness (QED) is 0.236. The van der Waals surface area contributed by atoms with Gasteiger partial charge in [-0.2, -0.15) is 0 Å². The molecule has 3 amide bonds. The molecule has 2 aliphatic heterocycles. The van der Waals surface area contributed by atoms with Gasteiger partial charge in [0, 0.05) is 62.0 Å². The average molecular weight is 632 g/mol. The number of hydrogen-bond acceptors (Lipinski definition) is 6. The molecule has 3 aromatic rings. The highest BCUT2D eigenvalue weighted by atomic mass is 19.1. The largest absolute Gasteiger partial charge is 0.467 e. The monoisotopic (exact) mass is 631 g/mol. The lowest BCUT2D eigenvalue weighted by atomic mass is 10.0. The third-order valence-electron chi connectivity index (χ3n) is 8.00. The number of benzene rings is 3. The first-order chi connectivity index (χ1) is 22.3. The van der Waals surface area contributed by atoms with Gasteiger partial charge in [-0.15, -0.1) is 0 Å². The second-order valence-electron chi connectivity index (χ2n) is 11.3. The van der Waals surface area contributed by atoms with E-state index < -0.39 is 11.6 Å². The van der Waals surface area contributed by atoms with Crippen molar-refractivity contribution in [3.63, 3.8) is 0 Å². The molecule has 2 aliphatic rings. The van der Waals surface area contributed by atoms with E-state index in [1.54, 1.807) is 48.4 Å². The molecular weight excluding hydrogens is 592 g/mol. The van der Waals surface area contributed by atoms with Crippen LogP contribution in [0.25, 0.3) is 0 Å². The molecule has 0 radical (unpaired) electrons. The number of allylic oxidation sites excluding steroid dienone is 1. The van der Waals surface area contributed by atoms with Gasteiger partial charge in [-0.1, -0.05) is 12.1 Å². The maximum absolute atomic E-state index is 14.2. The zero-order chi connectivity index (χ0) is 32.5. The van der Waals surface area contributed by atoms with Crippen molar-refractivity contribution in [2.75, 3.05) is 50.1 Å². The zero-order valence-electron chi connectivity index (χ0n) is 26.0. The molecule has 1 saturated heterocycles. The van der Waals surface area contributed by atoms with Gasteiger partial charge in [-0.05, 0) is 98.1 Å². The summed E-state index contributed by atoms with van der Waals surface area (Å²) in [7, 11) is 1.59. The number of rotatable bonds is 11. The lowest BCUT2D eigenvalue weighted by Gasteiger charge is -2.39. The first-order valence-electron chi connectivity index (χ1n) is 15.3. The van der Waals surface area contributed by atoms with Crippen LogP contribution in [0.3, 0.4) is 0 Å². The number of dihydropyridines is 1. The molecule has 1 atom stereocenters. The molecule has 0 saturated carbocycles. The number of carbonyl (C=O) groups excluding carboxylic acids is 2. The summed E-state index contributed by atoms with van der Waals surface area (Å²) in [5, 5.41) is 9.03. The fourth-order valence-electron chi connectivity index (χ4n) is 5.54. The first-order valence-corrected chi connectivity index (χ1v) is 15.3. The molecule has 46 heavy (non-hydrogen) atoms. The highest BCUT2D eigenvalue weighted by Crippen LogP contribution is 2.27. The van der Waals surface area contributed by atoms with E-state index >= 15 is 0 Å². The Balaban J connectivity index is 1.15. The van der Waals surface area contributed by atoms with Gasteiger partial charge >= 0.3 is 6.03 Å². The minimum atomic E-state index is -0.422. The smallest absolute Gasteiger partial charge is 0.326 e. The summed E-state index contributed by atoms with van der Waals surface area (Å²) in [6.45, 7) is 5.13. The van der Waals surface area contributed by atoms with Crippen molar-refractivity contribution in [1.82, 2.24) is 15.5 Å².